The first-order valence-corrected chi connectivity index (χ1v) is 7.06. The van der Waals surface area contributed by atoms with Crippen LogP contribution in [0, 0.1) is 5.82 Å². The first-order chi connectivity index (χ1) is 9.75. The summed E-state index contributed by atoms with van der Waals surface area (Å²) in [6, 6.07) is 13.3. The number of halogens is 1. The summed E-state index contributed by atoms with van der Waals surface area (Å²) < 4.78 is 14.3. The molecule has 0 saturated heterocycles. The molecule has 2 heteroatoms. The Morgan fingerprint density at radius 3 is 2.55 bits per heavy atom. The van der Waals surface area contributed by atoms with Crippen LogP contribution in [0.25, 0.3) is 21.5 Å². The summed E-state index contributed by atoms with van der Waals surface area (Å²) >= 11 is 0. The molecule has 0 aromatic heterocycles. The zero-order valence-corrected chi connectivity index (χ0v) is 11.1. The average Bonchev–Trinajstić information content (AvgIpc) is 2.47. The first-order valence-electron chi connectivity index (χ1n) is 7.06. The van der Waals surface area contributed by atoms with Crippen molar-refractivity contribution in [1.29, 1.82) is 0 Å². The molecule has 1 N–H and O–H groups in total. The maximum Gasteiger partial charge on any atom is 0.131 e. The highest BCUT2D eigenvalue weighted by molar-refractivity contribution is 6.09. The predicted octanol–water partition coefficient (Wildman–Crippen LogP) is 4.50. The lowest BCUT2D eigenvalue weighted by Gasteiger charge is -2.23. The van der Waals surface area contributed by atoms with Crippen molar-refractivity contribution < 1.29 is 9.50 Å². The normalized spacial score (nSPS) is 18.4. The molecular formula is C18H15FO. The molecule has 0 amide bonds. The van der Waals surface area contributed by atoms with E-state index < -0.39 is 6.10 Å². The Hall–Kier alpha value is -1.93. The lowest BCUT2D eigenvalue weighted by Crippen LogP contribution is -2.09. The van der Waals surface area contributed by atoms with E-state index in [1.807, 2.05) is 18.2 Å². The third-order valence-electron chi connectivity index (χ3n) is 4.38. The van der Waals surface area contributed by atoms with E-state index >= 15 is 0 Å². The van der Waals surface area contributed by atoms with Crippen molar-refractivity contribution in [3.63, 3.8) is 0 Å². The van der Waals surface area contributed by atoms with Gasteiger partial charge in [0.15, 0.2) is 0 Å². The Morgan fingerprint density at radius 1 is 0.950 bits per heavy atom. The van der Waals surface area contributed by atoms with Crippen LogP contribution >= 0.6 is 0 Å². The highest BCUT2D eigenvalue weighted by atomic mass is 19.1. The molecule has 0 fully saturated rings. The van der Waals surface area contributed by atoms with E-state index in [0.29, 0.717) is 5.39 Å². The van der Waals surface area contributed by atoms with Gasteiger partial charge in [0.25, 0.3) is 0 Å². The van der Waals surface area contributed by atoms with E-state index in [-0.39, 0.29) is 5.82 Å². The summed E-state index contributed by atoms with van der Waals surface area (Å²) in [5, 5.41) is 13.8. The van der Waals surface area contributed by atoms with Gasteiger partial charge in [-0.2, -0.15) is 0 Å². The number of hydrogen-bond donors (Lipinski definition) is 1. The molecule has 20 heavy (non-hydrogen) atoms. The van der Waals surface area contributed by atoms with Gasteiger partial charge in [-0.15, -0.1) is 0 Å². The third-order valence-corrected chi connectivity index (χ3v) is 4.38. The van der Waals surface area contributed by atoms with Gasteiger partial charge in [0, 0.05) is 5.39 Å². The summed E-state index contributed by atoms with van der Waals surface area (Å²) in [5.41, 5.74) is 2.09. The van der Waals surface area contributed by atoms with Crippen LogP contribution in [0.15, 0.2) is 42.5 Å². The minimum Gasteiger partial charge on any atom is -0.388 e. The maximum atomic E-state index is 14.3. The Balaban J connectivity index is 2.19. The van der Waals surface area contributed by atoms with Crippen LogP contribution in [-0.4, -0.2) is 5.11 Å². The van der Waals surface area contributed by atoms with E-state index in [1.165, 1.54) is 0 Å². The summed E-state index contributed by atoms with van der Waals surface area (Å²) in [6.45, 7) is 0. The second kappa shape index (κ2) is 4.29. The number of fused-ring (bicyclic) bond motifs is 5. The fourth-order valence-corrected chi connectivity index (χ4v) is 3.44. The van der Waals surface area contributed by atoms with Gasteiger partial charge in [0.2, 0.25) is 0 Å². The van der Waals surface area contributed by atoms with Crippen LogP contribution in [-0.2, 0) is 6.42 Å². The molecule has 4 rings (SSSR count). The van der Waals surface area contributed by atoms with Gasteiger partial charge in [-0.3, -0.25) is 0 Å². The van der Waals surface area contributed by atoms with Crippen molar-refractivity contribution in [2.75, 3.05) is 0 Å². The van der Waals surface area contributed by atoms with Crippen LogP contribution < -0.4 is 0 Å². The smallest absolute Gasteiger partial charge is 0.131 e. The van der Waals surface area contributed by atoms with Crippen molar-refractivity contribution in [2.45, 2.75) is 25.4 Å². The fraction of sp³-hybridized carbons (Fsp3) is 0.222. The Labute approximate surface area is 116 Å². The zero-order chi connectivity index (χ0) is 13.7. The number of aliphatic hydroxyl groups excluding tert-OH is 1. The molecule has 3 aromatic carbocycles. The summed E-state index contributed by atoms with van der Waals surface area (Å²) in [7, 11) is 0. The molecule has 0 saturated carbocycles. The van der Waals surface area contributed by atoms with Gasteiger partial charge in [0.1, 0.15) is 5.82 Å². The van der Waals surface area contributed by atoms with E-state index in [0.717, 1.165) is 46.5 Å². The van der Waals surface area contributed by atoms with Crippen LogP contribution in [0.3, 0.4) is 0 Å². The van der Waals surface area contributed by atoms with Crippen molar-refractivity contribution in [2.24, 2.45) is 0 Å². The molecule has 1 aliphatic carbocycles. The molecule has 100 valence electrons. The van der Waals surface area contributed by atoms with Crippen molar-refractivity contribution in [1.82, 2.24) is 0 Å². The van der Waals surface area contributed by atoms with E-state index in [2.05, 4.69) is 12.1 Å². The quantitative estimate of drug-likeness (QED) is 0.594. The number of hydrogen-bond acceptors (Lipinski definition) is 1. The minimum atomic E-state index is -0.469. The zero-order valence-electron chi connectivity index (χ0n) is 11.1. The van der Waals surface area contributed by atoms with Crippen LogP contribution in [0.2, 0.25) is 0 Å². The molecule has 0 bridgehead atoms. The van der Waals surface area contributed by atoms with Gasteiger partial charge in [0.05, 0.1) is 6.10 Å². The molecular weight excluding hydrogens is 251 g/mol. The topological polar surface area (TPSA) is 20.2 Å². The number of rotatable bonds is 0. The predicted molar refractivity (Wildman–Crippen MR) is 79.3 cm³/mol. The molecule has 0 spiro atoms. The summed E-state index contributed by atoms with van der Waals surface area (Å²) in [6.07, 6.45) is 2.26. The molecule has 0 heterocycles. The van der Waals surface area contributed by atoms with Crippen LogP contribution in [0.1, 0.15) is 30.1 Å². The lowest BCUT2D eigenvalue weighted by atomic mass is 9.84. The van der Waals surface area contributed by atoms with Crippen LogP contribution in [0.4, 0.5) is 4.39 Å². The van der Waals surface area contributed by atoms with E-state index in [1.54, 1.807) is 12.1 Å². The summed E-state index contributed by atoms with van der Waals surface area (Å²) in [4.78, 5) is 0. The maximum absolute atomic E-state index is 14.3. The molecule has 0 aliphatic heterocycles. The largest absolute Gasteiger partial charge is 0.388 e. The lowest BCUT2D eigenvalue weighted by molar-refractivity contribution is 0.158. The second-order valence-corrected chi connectivity index (χ2v) is 5.55. The Kier molecular flexibility index (Phi) is 2.54. The van der Waals surface area contributed by atoms with Crippen molar-refractivity contribution in [3.05, 3.63) is 59.4 Å². The molecule has 3 aromatic rings. The molecule has 1 unspecified atom stereocenters. The number of aryl methyl sites for hydroxylation is 1. The highest BCUT2D eigenvalue weighted by Gasteiger charge is 2.21. The van der Waals surface area contributed by atoms with Gasteiger partial charge >= 0.3 is 0 Å². The first kappa shape index (κ1) is 11.9. The van der Waals surface area contributed by atoms with Crippen molar-refractivity contribution in [3.8, 4) is 0 Å². The van der Waals surface area contributed by atoms with Gasteiger partial charge < -0.3 is 5.11 Å². The Bertz CT molecular complexity index is 822. The monoisotopic (exact) mass is 266 g/mol. The van der Waals surface area contributed by atoms with E-state index in [4.69, 9.17) is 0 Å². The fourth-order valence-electron chi connectivity index (χ4n) is 3.44. The molecule has 1 atom stereocenters. The SMILES string of the molecule is OC1CCCc2ccc3c(cc(F)c4ccccc43)c21. The summed E-state index contributed by atoms with van der Waals surface area (Å²) in [5.74, 6) is -0.209. The molecule has 1 nitrogen and oxygen atoms in total. The van der Waals surface area contributed by atoms with Gasteiger partial charge in [-0.1, -0.05) is 36.4 Å². The molecule has 1 aliphatic rings. The third kappa shape index (κ3) is 1.58. The van der Waals surface area contributed by atoms with Crippen molar-refractivity contribution >= 4 is 21.5 Å². The Morgan fingerprint density at radius 2 is 1.70 bits per heavy atom. The minimum absolute atomic E-state index is 0.209. The second-order valence-electron chi connectivity index (χ2n) is 5.55. The van der Waals surface area contributed by atoms with Gasteiger partial charge in [-0.25, -0.2) is 4.39 Å². The van der Waals surface area contributed by atoms with Gasteiger partial charge in [-0.05, 0) is 52.6 Å². The number of benzene rings is 3. The number of aliphatic hydroxyl groups is 1. The standard InChI is InChI=1S/C18H15FO/c19-16-10-15-13(12-5-1-2-6-14(12)16)9-8-11-4-3-7-17(20)18(11)15/h1-2,5-6,8-10,17,20H,3-4,7H2. The molecule has 0 radical (unpaired) electrons. The van der Waals surface area contributed by atoms with E-state index in [9.17, 15) is 9.50 Å². The average molecular weight is 266 g/mol. The van der Waals surface area contributed by atoms with Crippen LogP contribution in [0.5, 0.6) is 0 Å². The highest BCUT2D eigenvalue weighted by Crippen LogP contribution is 2.38.